The molecular weight excluding hydrogens is 408 g/mol. The Labute approximate surface area is 174 Å². The van der Waals surface area contributed by atoms with E-state index in [2.05, 4.69) is 15.6 Å². The molecule has 2 unspecified atom stereocenters. The van der Waals surface area contributed by atoms with Crippen LogP contribution < -0.4 is 16.2 Å². The molecule has 1 aromatic carbocycles. The molecule has 0 bridgehead atoms. The molecule has 0 radical (unpaired) electrons. The highest BCUT2D eigenvalue weighted by Crippen LogP contribution is 2.40. The summed E-state index contributed by atoms with van der Waals surface area (Å²) in [6.07, 6.45) is 0.851. The predicted octanol–water partition coefficient (Wildman–Crippen LogP) is 2.59. The van der Waals surface area contributed by atoms with E-state index in [1.54, 1.807) is 11.4 Å². The standard InChI is InChI=1S/C20H18N4O5S/c1-24-17(23-14(19(27)28)15(25)18(24)26)16-12(7-8-30-16)21-20(29)22-13-9-11(13)10-5-3-2-4-6-10/h2-8,11,13,25H,9H2,1H3,(H,27,28)(H2,21,22,29). The number of thiophene rings is 1. The summed E-state index contributed by atoms with van der Waals surface area (Å²) in [4.78, 5) is 40.3. The molecule has 2 aromatic heterocycles. The number of carbonyl (C=O) groups is 2. The van der Waals surface area contributed by atoms with Gasteiger partial charge < -0.3 is 20.8 Å². The molecule has 154 valence electrons. The average Bonchev–Trinajstić information content (AvgIpc) is 3.34. The van der Waals surface area contributed by atoms with E-state index in [1.807, 2.05) is 30.3 Å². The van der Waals surface area contributed by atoms with Gasteiger partial charge in [0.1, 0.15) is 0 Å². The van der Waals surface area contributed by atoms with Gasteiger partial charge in [-0.05, 0) is 23.4 Å². The zero-order valence-corrected chi connectivity index (χ0v) is 16.6. The minimum absolute atomic E-state index is 0.0317. The van der Waals surface area contributed by atoms with Gasteiger partial charge in [0.25, 0.3) is 5.56 Å². The molecule has 0 saturated heterocycles. The van der Waals surface area contributed by atoms with Crippen molar-refractivity contribution >= 4 is 29.0 Å². The number of amides is 2. The topological polar surface area (TPSA) is 134 Å². The summed E-state index contributed by atoms with van der Waals surface area (Å²) in [6.45, 7) is 0. The third-order valence-electron chi connectivity index (χ3n) is 4.92. The van der Waals surface area contributed by atoms with E-state index in [1.165, 1.54) is 23.9 Å². The Kier molecular flexibility index (Phi) is 5.00. The van der Waals surface area contributed by atoms with Gasteiger partial charge in [0.2, 0.25) is 5.75 Å². The Hall–Kier alpha value is -3.66. The molecule has 4 rings (SSSR count). The van der Waals surface area contributed by atoms with Crippen LogP contribution in [0.5, 0.6) is 5.75 Å². The van der Waals surface area contributed by atoms with Gasteiger partial charge in [0, 0.05) is 19.0 Å². The van der Waals surface area contributed by atoms with Crippen LogP contribution in [0.3, 0.4) is 0 Å². The van der Waals surface area contributed by atoms with Crippen molar-refractivity contribution in [2.75, 3.05) is 5.32 Å². The molecule has 1 aliphatic rings. The molecule has 30 heavy (non-hydrogen) atoms. The number of aromatic nitrogens is 2. The number of carboxylic acid groups (broad SMARTS) is 1. The maximum absolute atomic E-state index is 12.5. The van der Waals surface area contributed by atoms with Crippen LogP contribution in [0.2, 0.25) is 0 Å². The largest absolute Gasteiger partial charge is 0.501 e. The molecule has 3 aromatic rings. The third-order valence-corrected chi connectivity index (χ3v) is 5.83. The number of carbonyl (C=O) groups excluding carboxylic acids is 1. The van der Waals surface area contributed by atoms with Crippen LogP contribution in [0, 0.1) is 0 Å². The number of aromatic carboxylic acids is 1. The van der Waals surface area contributed by atoms with Crippen LogP contribution in [-0.4, -0.2) is 37.8 Å². The first-order valence-electron chi connectivity index (χ1n) is 9.10. The van der Waals surface area contributed by atoms with Crippen molar-refractivity contribution in [3.63, 3.8) is 0 Å². The fourth-order valence-electron chi connectivity index (χ4n) is 3.27. The first-order valence-corrected chi connectivity index (χ1v) is 9.98. The summed E-state index contributed by atoms with van der Waals surface area (Å²) in [7, 11) is 1.37. The van der Waals surface area contributed by atoms with Gasteiger partial charge in [-0.15, -0.1) is 11.3 Å². The minimum atomic E-state index is -1.52. The number of rotatable bonds is 5. The van der Waals surface area contributed by atoms with Gasteiger partial charge in [0.05, 0.1) is 10.6 Å². The van der Waals surface area contributed by atoms with E-state index in [9.17, 15) is 24.6 Å². The minimum Gasteiger partial charge on any atom is -0.501 e. The maximum atomic E-state index is 12.5. The van der Waals surface area contributed by atoms with Crippen molar-refractivity contribution < 1.29 is 19.8 Å². The highest BCUT2D eigenvalue weighted by Gasteiger charge is 2.39. The number of benzene rings is 1. The zero-order valence-electron chi connectivity index (χ0n) is 15.8. The number of urea groups is 1. The average molecular weight is 426 g/mol. The molecule has 9 nitrogen and oxygen atoms in total. The number of nitrogens with zero attached hydrogens (tertiary/aromatic N) is 2. The molecule has 0 aliphatic heterocycles. The first-order chi connectivity index (χ1) is 14.4. The van der Waals surface area contributed by atoms with Crippen LogP contribution in [0.15, 0.2) is 46.6 Å². The lowest BCUT2D eigenvalue weighted by Gasteiger charge is -2.11. The summed E-state index contributed by atoms with van der Waals surface area (Å²) in [5, 5.41) is 26.3. The Morgan fingerprint density at radius 3 is 2.67 bits per heavy atom. The van der Waals surface area contributed by atoms with E-state index in [0.717, 1.165) is 11.0 Å². The second kappa shape index (κ2) is 7.64. The Bertz CT molecular complexity index is 1190. The Morgan fingerprint density at radius 1 is 1.23 bits per heavy atom. The van der Waals surface area contributed by atoms with Gasteiger partial charge in [0.15, 0.2) is 11.5 Å². The lowest BCUT2D eigenvalue weighted by atomic mass is 10.1. The van der Waals surface area contributed by atoms with Crippen molar-refractivity contribution in [2.24, 2.45) is 7.05 Å². The van der Waals surface area contributed by atoms with Gasteiger partial charge >= 0.3 is 12.0 Å². The summed E-state index contributed by atoms with van der Waals surface area (Å²) >= 11 is 1.19. The molecule has 4 N–H and O–H groups in total. The number of anilines is 1. The van der Waals surface area contributed by atoms with Gasteiger partial charge in [-0.3, -0.25) is 9.36 Å². The van der Waals surface area contributed by atoms with E-state index < -0.39 is 29.0 Å². The van der Waals surface area contributed by atoms with E-state index in [-0.39, 0.29) is 17.8 Å². The molecule has 2 atom stereocenters. The number of carboxylic acids is 1. The van der Waals surface area contributed by atoms with Crippen LogP contribution >= 0.6 is 11.3 Å². The van der Waals surface area contributed by atoms with Crippen molar-refractivity contribution in [2.45, 2.75) is 18.4 Å². The second-order valence-corrected chi connectivity index (χ2v) is 7.84. The summed E-state index contributed by atoms with van der Waals surface area (Å²) in [5.41, 5.74) is -0.0621. The van der Waals surface area contributed by atoms with Crippen molar-refractivity contribution in [3.05, 3.63) is 63.4 Å². The number of nitrogens with one attached hydrogen (secondary N) is 2. The molecule has 0 spiro atoms. The van der Waals surface area contributed by atoms with Crippen LogP contribution in [-0.2, 0) is 7.05 Å². The summed E-state index contributed by atoms with van der Waals surface area (Å²) in [6, 6.07) is 11.2. The van der Waals surface area contributed by atoms with Crippen LogP contribution in [0.25, 0.3) is 10.7 Å². The molecule has 1 aliphatic carbocycles. The summed E-state index contributed by atoms with van der Waals surface area (Å²) < 4.78 is 1.04. The lowest BCUT2D eigenvalue weighted by Crippen LogP contribution is -2.31. The summed E-state index contributed by atoms with van der Waals surface area (Å²) in [5.74, 6) is -2.14. The number of aromatic hydroxyl groups is 1. The maximum Gasteiger partial charge on any atom is 0.358 e. The molecule has 1 fully saturated rings. The van der Waals surface area contributed by atoms with Crippen LogP contribution in [0.4, 0.5) is 10.5 Å². The fraction of sp³-hybridized carbons (Fsp3) is 0.200. The molecule has 2 amide bonds. The zero-order chi connectivity index (χ0) is 21.4. The van der Waals surface area contributed by atoms with Crippen LogP contribution in [0.1, 0.15) is 28.4 Å². The quantitative estimate of drug-likeness (QED) is 0.496. The molecule has 1 saturated carbocycles. The van der Waals surface area contributed by atoms with E-state index in [4.69, 9.17) is 0 Å². The Morgan fingerprint density at radius 2 is 1.97 bits per heavy atom. The van der Waals surface area contributed by atoms with Gasteiger partial charge in [-0.1, -0.05) is 30.3 Å². The number of hydrogen-bond donors (Lipinski definition) is 4. The predicted molar refractivity (Wildman–Crippen MR) is 111 cm³/mol. The lowest BCUT2D eigenvalue weighted by molar-refractivity contribution is 0.0686. The highest BCUT2D eigenvalue weighted by molar-refractivity contribution is 7.14. The molecule has 2 heterocycles. The van der Waals surface area contributed by atoms with Crippen molar-refractivity contribution in [1.82, 2.24) is 14.9 Å². The van der Waals surface area contributed by atoms with E-state index >= 15 is 0 Å². The number of hydrogen-bond acceptors (Lipinski definition) is 6. The fourth-order valence-corrected chi connectivity index (χ4v) is 4.15. The van der Waals surface area contributed by atoms with Crippen molar-refractivity contribution in [3.8, 4) is 16.5 Å². The third kappa shape index (κ3) is 3.64. The Balaban J connectivity index is 1.53. The normalized spacial score (nSPS) is 17.4. The highest BCUT2D eigenvalue weighted by atomic mass is 32.1. The molecular formula is C20H18N4O5S. The smallest absolute Gasteiger partial charge is 0.358 e. The SMILES string of the molecule is Cn1c(-c2sccc2NC(=O)NC2CC2c2ccccc2)nc(C(=O)O)c(O)c1=O. The monoisotopic (exact) mass is 426 g/mol. The molecule has 10 heteroatoms. The van der Waals surface area contributed by atoms with Gasteiger partial charge in [-0.25, -0.2) is 14.6 Å². The van der Waals surface area contributed by atoms with E-state index in [0.29, 0.717) is 10.6 Å². The van der Waals surface area contributed by atoms with Gasteiger partial charge in [-0.2, -0.15) is 0 Å². The first kappa shape index (κ1) is 19.6. The van der Waals surface area contributed by atoms with Crippen molar-refractivity contribution in [1.29, 1.82) is 0 Å². The second-order valence-electron chi connectivity index (χ2n) is 6.92.